The van der Waals surface area contributed by atoms with Crippen molar-refractivity contribution >= 4 is 32.8 Å². The summed E-state index contributed by atoms with van der Waals surface area (Å²) < 4.78 is 37.2. The number of ether oxygens (including phenoxy) is 2. The van der Waals surface area contributed by atoms with Gasteiger partial charge in [0, 0.05) is 28.2 Å². The van der Waals surface area contributed by atoms with Crippen molar-refractivity contribution in [1.82, 2.24) is 0 Å². The van der Waals surface area contributed by atoms with E-state index in [9.17, 15) is 13.2 Å². The molecule has 0 radical (unpaired) electrons. The van der Waals surface area contributed by atoms with Gasteiger partial charge in [-0.2, -0.15) is 0 Å². The number of sulfone groups is 1. The van der Waals surface area contributed by atoms with Gasteiger partial charge in [-0.05, 0) is 18.2 Å². The lowest BCUT2D eigenvalue weighted by Gasteiger charge is -2.25. The number of hydrogen-bond donors (Lipinski definition) is 1. The summed E-state index contributed by atoms with van der Waals surface area (Å²) >= 11 is 1.32. The molecule has 1 aliphatic rings. The topological polar surface area (TPSA) is 81.7 Å². The van der Waals surface area contributed by atoms with Gasteiger partial charge in [0.25, 0.3) is 0 Å². The molecule has 2 aromatic carbocycles. The van der Waals surface area contributed by atoms with Crippen LogP contribution in [0.1, 0.15) is 22.8 Å². The van der Waals surface area contributed by atoms with Crippen LogP contribution < -0.4 is 14.8 Å². The summed E-state index contributed by atoms with van der Waals surface area (Å²) in [5, 5.41) is 4.37. The van der Waals surface area contributed by atoms with Gasteiger partial charge in [-0.3, -0.25) is 4.79 Å². The van der Waals surface area contributed by atoms with Gasteiger partial charge in [-0.25, -0.2) is 8.42 Å². The predicted octanol–water partition coefficient (Wildman–Crippen LogP) is 4.07. The number of para-hydroxylation sites is 1. The van der Waals surface area contributed by atoms with E-state index in [1.54, 1.807) is 56.0 Å². The minimum Gasteiger partial charge on any atom is -0.493 e. The van der Waals surface area contributed by atoms with Crippen LogP contribution in [0.2, 0.25) is 0 Å². The second-order valence-electron chi connectivity index (χ2n) is 6.54. The Morgan fingerprint density at radius 1 is 1.03 bits per heavy atom. The molecule has 3 aromatic rings. The smallest absolute Gasteiger partial charge is 0.225 e. The van der Waals surface area contributed by atoms with Crippen molar-refractivity contribution in [2.45, 2.75) is 22.1 Å². The van der Waals surface area contributed by atoms with Crippen molar-refractivity contribution in [2.75, 3.05) is 19.5 Å². The van der Waals surface area contributed by atoms with Crippen LogP contribution in [0.5, 0.6) is 11.5 Å². The number of rotatable bonds is 5. The number of nitrogens with one attached hydrogen (secondary N) is 1. The summed E-state index contributed by atoms with van der Waals surface area (Å²) in [6, 6.07) is 13.7. The number of carbonyl (C=O) groups excluding carboxylic acids is 1. The standard InChI is InChI=1S/C21H19NO5S2/c1-26-16-10-6-9-14(20(16)27-2)15-11-18(23)22-19-17(12-28-21(15)19)29(24,25)13-7-4-3-5-8-13/h3-10,12,15H,11H2,1-2H3,(H,22,23)/t15-/m1/s1. The van der Waals surface area contributed by atoms with E-state index in [1.807, 2.05) is 12.1 Å². The van der Waals surface area contributed by atoms with Gasteiger partial charge < -0.3 is 14.8 Å². The lowest BCUT2D eigenvalue weighted by molar-refractivity contribution is -0.116. The molecule has 150 valence electrons. The molecule has 6 nitrogen and oxygen atoms in total. The number of benzene rings is 2. The maximum Gasteiger partial charge on any atom is 0.225 e. The molecule has 1 aromatic heterocycles. The van der Waals surface area contributed by atoms with Crippen LogP contribution >= 0.6 is 11.3 Å². The summed E-state index contributed by atoms with van der Waals surface area (Å²) in [5.74, 6) is 0.538. The third-order valence-electron chi connectivity index (χ3n) is 4.91. The molecule has 8 heteroatoms. The van der Waals surface area contributed by atoms with Gasteiger partial charge >= 0.3 is 0 Å². The highest BCUT2D eigenvalue weighted by atomic mass is 32.2. The lowest BCUT2D eigenvalue weighted by Crippen LogP contribution is -2.23. The quantitative estimate of drug-likeness (QED) is 0.661. The number of methoxy groups -OCH3 is 2. The van der Waals surface area contributed by atoms with Crippen LogP contribution in [-0.4, -0.2) is 28.5 Å². The van der Waals surface area contributed by atoms with Crippen molar-refractivity contribution < 1.29 is 22.7 Å². The first-order chi connectivity index (χ1) is 14.0. The van der Waals surface area contributed by atoms with Gasteiger partial charge in [-0.15, -0.1) is 11.3 Å². The third kappa shape index (κ3) is 3.28. The Bertz CT molecular complexity index is 1170. The molecule has 1 atom stereocenters. The highest BCUT2D eigenvalue weighted by Crippen LogP contribution is 2.49. The van der Waals surface area contributed by atoms with Gasteiger partial charge in [0.2, 0.25) is 15.7 Å². The summed E-state index contributed by atoms with van der Waals surface area (Å²) in [6.45, 7) is 0. The molecular formula is C21H19NO5S2. The normalized spacial score (nSPS) is 16.1. The number of amides is 1. The van der Waals surface area contributed by atoms with Crippen LogP contribution in [0.25, 0.3) is 0 Å². The van der Waals surface area contributed by atoms with Gasteiger partial charge in [-0.1, -0.05) is 30.3 Å². The molecule has 4 rings (SSSR count). The molecule has 2 heterocycles. The zero-order chi connectivity index (χ0) is 20.6. The maximum atomic E-state index is 13.2. The van der Waals surface area contributed by atoms with Gasteiger partial charge in [0.15, 0.2) is 11.5 Å². The Morgan fingerprint density at radius 2 is 1.79 bits per heavy atom. The summed E-state index contributed by atoms with van der Waals surface area (Å²) in [6.07, 6.45) is 0.196. The van der Waals surface area contributed by atoms with Crippen molar-refractivity contribution in [3.63, 3.8) is 0 Å². The Balaban J connectivity index is 1.87. The molecule has 29 heavy (non-hydrogen) atoms. The first-order valence-corrected chi connectivity index (χ1v) is 11.3. The molecule has 0 saturated carbocycles. The highest BCUT2D eigenvalue weighted by Gasteiger charge is 2.36. The summed E-state index contributed by atoms with van der Waals surface area (Å²) in [7, 11) is -0.656. The molecule has 0 aliphatic carbocycles. The van der Waals surface area contributed by atoms with Crippen molar-refractivity contribution in [3.05, 3.63) is 64.4 Å². The van der Waals surface area contributed by atoms with Crippen LogP contribution in [-0.2, 0) is 14.6 Å². The summed E-state index contributed by atoms with van der Waals surface area (Å²) in [5.41, 5.74) is 1.14. The fourth-order valence-corrected chi connectivity index (χ4v) is 6.49. The van der Waals surface area contributed by atoms with E-state index in [4.69, 9.17) is 9.47 Å². The minimum absolute atomic E-state index is 0.114. The van der Waals surface area contributed by atoms with E-state index >= 15 is 0 Å². The van der Waals surface area contributed by atoms with Crippen molar-refractivity contribution in [2.24, 2.45) is 0 Å². The first-order valence-electron chi connectivity index (χ1n) is 8.89. The zero-order valence-corrected chi connectivity index (χ0v) is 17.5. The maximum absolute atomic E-state index is 13.2. The van der Waals surface area contributed by atoms with E-state index in [1.165, 1.54) is 11.3 Å². The fraction of sp³-hybridized carbons (Fsp3) is 0.190. The number of hydrogen-bond acceptors (Lipinski definition) is 6. The Hall–Kier alpha value is -2.84. The Kier molecular flexibility index (Phi) is 5.06. The first kappa shape index (κ1) is 19.5. The Labute approximate surface area is 173 Å². The number of fused-ring (bicyclic) bond motifs is 1. The average Bonchev–Trinajstić information content (AvgIpc) is 3.17. The van der Waals surface area contributed by atoms with Crippen LogP contribution in [0.3, 0.4) is 0 Å². The van der Waals surface area contributed by atoms with Crippen LogP contribution in [0, 0.1) is 0 Å². The second-order valence-corrected chi connectivity index (χ2v) is 9.37. The molecule has 0 saturated heterocycles. The van der Waals surface area contributed by atoms with E-state index in [2.05, 4.69) is 5.32 Å². The van der Waals surface area contributed by atoms with Gasteiger partial charge in [0.05, 0.1) is 24.8 Å². The SMILES string of the molecule is COc1cccc([C@H]2CC(=O)Nc3c(S(=O)(=O)c4ccccc4)csc32)c1OC. The molecule has 1 N–H and O–H groups in total. The molecule has 0 unspecified atom stereocenters. The van der Waals surface area contributed by atoms with E-state index in [0.29, 0.717) is 17.2 Å². The molecule has 1 amide bonds. The predicted molar refractivity (Wildman–Crippen MR) is 111 cm³/mol. The molecular weight excluding hydrogens is 410 g/mol. The van der Waals surface area contributed by atoms with Crippen LogP contribution in [0.4, 0.5) is 5.69 Å². The average molecular weight is 430 g/mol. The monoisotopic (exact) mass is 429 g/mol. The molecule has 0 bridgehead atoms. The number of anilines is 1. The van der Waals surface area contributed by atoms with Crippen molar-refractivity contribution in [1.29, 1.82) is 0 Å². The third-order valence-corrected chi connectivity index (χ3v) is 7.95. The second kappa shape index (κ2) is 7.53. The summed E-state index contributed by atoms with van der Waals surface area (Å²) in [4.78, 5) is 13.6. The lowest BCUT2D eigenvalue weighted by atomic mass is 9.89. The number of thiophene rings is 1. The Morgan fingerprint density at radius 3 is 2.48 bits per heavy atom. The van der Waals surface area contributed by atoms with E-state index < -0.39 is 9.84 Å². The number of carbonyl (C=O) groups is 1. The van der Waals surface area contributed by atoms with Crippen LogP contribution in [0.15, 0.2) is 63.7 Å². The highest BCUT2D eigenvalue weighted by molar-refractivity contribution is 7.91. The molecule has 0 fully saturated rings. The molecule has 0 spiro atoms. The van der Waals surface area contributed by atoms with Crippen molar-refractivity contribution in [3.8, 4) is 11.5 Å². The fourth-order valence-electron chi connectivity index (χ4n) is 3.57. The zero-order valence-electron chi connectivity index (χ0n) is 15.8. The van der Waals surface area contributed by atoms with E-state index in [0.717, 1.165) is 10.4 Å². The minimum atomic E-state index is -3.75. The largest absolute Gasteiger partial charge is 0.493 e. The van der Waals surface area contributed by atoms with E-state index in [-0.39, 0.29) is 28.0 Å². The molecule has 1 aliphatic heterocycles. The van der Waals surface area contributed by atoms with Gasteiger partial charge in [0.1, 0.15) is 4.90 Å².